The van der Waals surface area contributed by atoms with Crippen LogP contribution in [0.15, 0.2) is 42.5 Å². The first kappa shape index (κ1) is 14.2. The third-order valence-electron chi connectivity index (χ3n) is 3.06. The summed E-state index contributed by atoms with van der Waals surface area (Å²) in [6, 6.07) is 12.2. The van der Waals surface area contributed by atoms with Crippen LogP contribution in [0.1, 0.15) is 27.0 Å². The van der Waals surface area contributed by atoms with Crippen molar-refractivity contribution in [3.8, 4) is 0 Å². The predicted molar refractivity (Wildman–Crippen MR) is 76.6 cm³/mol. The van der Waals surface area contributed by atoms with Crippen molar-refractivity contribution in [2.45, 2.75) is 20.0 Å². The van der Waals surface area contributed by atoms with E-state index in [4.69, 9.17) is 5.73 Å². The van der Waals surface area contributed by atoms with Gasteiger partial charge in [0.2, 0.25) is 5.91 Å². The molecule has 0 unspecified atom stereocenters. The van der Waals surface area contributed by atoms with Crippen molar-refractivity contribution in [1.82, 2.24) is 5.32 Å². The van der Waals surface area contributed by atoms with Gasteiger partial charge in [0.05, 0.1) is 0 Å². The van der Waals surface area contributed by atoms with E-state index in [9.17, 15) is 9.18 Å². The lowest BCUT2D eigenvalue weighted by Crippen LogP contribution is -2.16. The highest BCUT2D eigenvalue weighted by molar-refractivity contribution is 5.92. The van der Waals surface area contributed by atoms with Crippen molar-refractivity contribution in [2.75, 3.05) is 0 Å². The highest BCUT2D eigenvalue weighted by Crippen LogP contribution is 2.11. The molecular weight excluding hydrogens is 255 g/mol. The van der Waals surface area contributed by atoms with E-state index in [0.717, 1.165) is 5.56 Å². The van der Waals surface area contributed by atoms with Crippen molar-refractivity contribution >= 4 is 5.91 Å². The minimum atomic E-state index is -0.551. The van der Waals surface area contributed by atoms with Gasteiger partial charge < -0.3 is 11.1 Å². The maximum absolute atomic E-state index is 13.6. The standard InChI is InChI=1S/C16H17FN2O/c1-11-3-2-4-12(7-11)9-19-10-14-8-13(16(18)20)5-6-15(14)17/h2-8,19H,9-10H2,1H3,(H2,18,20). The molecule has 0 aromatic heterocycles. The molecule has 0 heterocycles. The Labute approximate surface area is 117 Å². The molecule has 20 heavy (non-hydrogen) atoms. The van der Waals surface area contributed by atoms with Gasteiger partial charge in [0.15, 0.2) is 0 Å². The van der Waals surface area contributed by atoms with Gasteiger partial charge in [0.1, 0.15) is 5.82 Å². The van der Waals surface area contributed by atoms with Crippen LogP contribution in [0.4, 0.5) is 4.39 Å². The Morgan fingerprint density at radius 1 is 1.20 bits per heavy atom. The van der Waals surface area contributed by atoms with Crippen LogP contribution in [-0.4, -0.2) is 5.91 Å². The molecule has 0 radical (unpaired) electrons. The molecule has 0 fully saturated rings. The molecule has 0 bridgehead atoms. The lowest BCUT2D eigenvalue weighted by atomic mass is 10.1. The summed E-state index contributed by atoms with van der Waals surface area (Å²) in [5.41, 5.74) is 8.27. The smallest absolute Gasteiger partial charge is 0.248 e. The molecular formula is C16H17FN2O. The van der Waals surface area contributed by atoms with E-state index < -0.39 is 5.91 Å². The Hall–Kier alpha value is -2.20. The molecule has 0 aliphatic rings. The summed E-state index contributed by atoms with van der Waals surface area (Å²) in [4.78, 5) is 11.1. The number of hydrogen-bond acceptors (Lipinski definition) is 2. The molecule has 0 aliphatic carbocycles. The number of carbonyl (C=O) groups is 1. The number of halogens is 1. The lowest BCUT2D eigenvalue weighted by molar-refractivity contribution is 0.1000. The van der Waals surface area contributed by atoms with E-state index in [1.807, 2.05) is 25.1 Å². The molecule has 0 spiro atoms. The number of primary amides is 1. The molecule has 2 aromatic rings. The minimum Gasteiger partial charge on any atom is -0.366 e. The van der Waals surface area contributed by atoms with Crippen LogP contribution in [0.25, 0.3) is 0 Å². The topological polar surface area (TPSA) is 55.1 Å². The summed E-state index contributed by atoms with van der Waals surface area (Å²) >= 11 is 0. The van der Waals surface area contributed by atoms with Crippen LogP contribution in [0.3, 0.4) is 0 Å². The van der Waals surface area contributed by atoms with Gasteiger partial charge in [-0.15, -0.1) is 0 Å². The van der Waals surface area contributed by atoms with Crippen LogP contribution in [-0.2, 0) is 13.1 Å². The second-order valence-electron chi connectivity index (χ2n) is 4.76. The fraction of sp³-hybridized carbons (Fsp3) is 0.188. The van der Waals surface area contributed by atoms with Gasteiger partial charge in [-0.25, -0.2) is 4.39 Å². The Bertz CT molecular complexity index is 626. The first-order valence-corrected chi connectivity index (χ1v) is 6.41. The first-order chi connectivity index (χ1) is 9.56. The second kappa shape index (κ2) is 6.30. The number of aryl methyl sites for hydroxylation is 1. The summed E-state index contributed by atoms with van der Waals surface area (Å²) in [6.07, 6.45) is 0. The predicted octanol–water partition coefficient (Wildman–Crippen LogP) is 2.52. The monoisotopic (exact) mass is 272 g/mol. The zero-order chi connectivity index (χ0) is 14.5. The highest BCUT2D eigenvalue weighted by atomic mass is 19.1. The molecule has 1 amide bonds. The molecule has 3 nitrogen and oxygen atoms in total. The van der Waals surface area contributed by atoms with E-state index in [2.05, 4.69) is 11.4 Å². The molecule has 104 valence electrons. The van der Waals surface area contributed by atoms with Crippen molar-refractivity contribution in [2.24, 2.45) is 5.73 Å². The molecule has 0 saturated carbocycles. The number of hydrogen-bond donors (Lipinski definition) is 2. The largest absolute Gasteiger partial charge is 0.366 e. The third-order valence-corrected chi connectivity index (χ3v) is 3.06. The van der Waals surface area contributed by atoms with Gasteiger partial charge in [0, 0.05) is 24.2 Å². The fourth-order valence-corrected chi connectivity index (χ4v) is 2.03. The summed E-state index contributed by atoms with van der Waals surface area (Å²) < 4.78 is 13.6. The Kier molecular flexibility index (Phi) is 4.48. The molecule has 0 saturated heterocycles. The van der Waals surface area contributed by atoms with Gasteiger partial charge in [-0.2, -0.15) is 0 Å². The normalized spacial score (nSPS) is 10.5. The number of carbonyl (C=O) groups excluding carboxylic acids is 1. The molecule has 2 rings (SSSR count). The summed E-state index contributed by atoms with van der Waals surface area (Å²) in [5.74, 6) is -0.892. The summed E-state index contributed by atoms with van der Waals surface area (Å²) in [6.45, 7) is 3.02. The van der Waals surface area contributed by atoms with Crippen molar-refractivity contribution in [1.29, 1.82) is 0 Å². The second-order valence-corrected chi connectivity index (χ2v) is 4.76. The van der Waals surface area contributed by atoms with E-state index >= 15 is 0 Å². The molecule has 0 atom stereocenters. The Balaban J connectivity index is 2.00. The number of nitrogens with two attached hydrogens (primary N) is 1. The van der Waals surface area contributed by atoms with Gasteiger partial charge in [0.25, 0.3) is 0 Å². The van der Waals surface area contributed by atoms with Crippen LogP contribution in [0, 0.1) is 12.7 Å². The Morgan fingerprint density at radius 3 is 2.70 bits per heavy atom. The van der Waals surface area contributed by atoms with E-state index in [0.29, 0.717) is 24.2 Å². The zero-order valence-electron chi connectivity index (χ0n) is 11.3. The average molecular weight is 272 g/mol. The van der Waals surface area contributed by atoms with Crippen LogP contribution in [0.5, 0.6) is 0 Å². The summed E-state index contributed by atoms with van der Waals surface area (Å²) in [5, 5.41) is 3.16. The molecule has 3 N–H and O–H groups in total. The van der Waals surface area contributed by atoms with Gasteiger partial charge in [-0.3, -0.25) is 4.79 Å². The SMILES string of the molecule is Cc1cccc(CNCc2cc(C(N)=O)ccc2F)c1. The van der Waals surface area contributed by atoms with Crippen LogP contribution >= 0.6 is 0 Å². The molecule has 0 aliphatic heterocycles. The maximum atomic E-state index is 13.6. The zero-order valence-corrected chi connectivity index (χ0v) is 11.3. The van der Waals surface area contributed by atoms with Gasteiger partial charge >= 0.3 is 0 Å². The average Bonchev–Trinajstić information content (AvgIpc) is 2.40. The maximum Gasteiger partial charge on any atom is 0.248 e. The van der Waals surface area contributed by atoms with E-state index in [-0.39, 0.29) is 5.82 Å². The lowest BCUT2D eigenvalue weighted by Gasteiger charge is -2.08. The minimum absolute atomic E-state index is 0.318. The Morgan fingerprint density at radius 2 is 2.00 bits per heavy atom. The quantitative estimate of drug-likeness (QED) is 0.878. The van der Waals surface area contributed by atoms with E-state index in [1.165, 1.54) is 23.8 Å². The molecule has 4 heteroatoms. The number of rotatable bonds is 5. The van der Waals surface area contributed by atoms with Gasteiger partial charge in [-0.1, -0.05) is 29.8 Å². The fourth-order valence-electron chi connectivity index (χ4n) is 2.03. The molecule has 2 aromatic carbocycles. The van der Waals surface area contributed by atoms with Crippen LogP contribution in [0.2, 0.25) is 0 Å². The van der Waals surface area contributed by atoms with Crippen molar-refractivity contribution in [3.05, 3.63) is 70.5 Å². The van der Waals surface area contributed by atoms with Crippen molar-refractivity contribution in [3.63, 3.8) is 0 Å². The first-order valence-electron chi connectivity index (χ1n) is 6.41. The number of benzene rings is 2. The third kappa shape index (κ3) is 3.65. The summed E-state index contributed by atoms with van der Waals surface area (Å²) in [7, 11) is 0. The van der Waals surface area contributed by atoms with Crippen molar-refractivity contribution < 1.29 is 9.18 Å². The van der Waals surface area contributed by atoms with Gasteiger partial charge in [-0.05, 0) is 30.7 Å². The number of nitrogens with one attached hydrogen (secondary N) is 1. The number of amides is 1. The highest BCUT2D eigenvalue weighted by Gasteiger charge is 2.06. The van der Waals surface area contributed by atoms with Crippen LogP contribution < -0.4 is 11.1 Å². The van der Waals surface area contributed by atoms with E-state index in [1.54, 1.807) is 0 Å².